The van der Waals surface area contributed by atoms with E-state index in [2.05, 4.69) is 5.32 Å². The molecule has 2 heterocycles. The van der Waals surface area contributed by atoms with Gasteiger partial charge in [0.05, 0.1) is 12.2 Å². The minimum absolute atomic E-state index is 0.163. The molecule has 2 aliphatic heterocycles. The first kappa shape index (κ1) is 13.2. The molecule has 2 aliphatic rings. The minimum atomic E-state index is -0.970. The van der Waals surface area contributed by atoms with Crippen LogP contribution in [0.25, 0.3) is 0 Å². The van der Waals surface area contributed by atoms with Crippen LogP contribution in [-0.2, 0) is 4.74 Å². The zero-order chi connectivity index (χ0) is 14.0. The Kier molecular flexibility index (Phi) is 3.50. The molecular weight excluding hydrogens is 262 g/mol. The monoisotopic (exact) mass is 279 g/mol. The van der Waals surface area contributed by atoms with Crippen LogP contribution in [0.4, 0.5) is 0 Å². The zero-order valence-corrected chi connectivity index (χ0v) is 11.1. The van der Waals surface area contributed by atoms with Crippen LogP contribution in [0.3, 0.4) is 0 Å². The van der Waals surface area contributed by atoms with E-state index < -0.39 is 5.60 Å². The molecule has 108 valence electrons. The first-order valence-electron chi connectivity index (χ1n) is 6.65. The first-order chi connectivity index (χ1) is 9.68. The molecule has 1 unspecified atom stereocenters. The summed E-state index contributed by atoms with van der Waals surface area (Å²) in [6.45, 7) is 1.84. The molecule has 0 spiro atoms. The molecule has 2 N–H and O–H groups in total. The third-order valence-electron chi connectivity index (χ3n) is 3.47. The average molecular weight is 279 g/mol. The molecule has 1 saturated heterocycles. The summed E-state index contributed by atoms with van der Waals surface area (Å²) < 4.78 is 16.1. The van der Waals surface area contributed by atoms with E-state index >= 15 is 0 Å². The lowest BCUT2D eigenvalue weighted by molar-refractivity contribution is 0.0264. The smallest absolute Gasteiger partial charge is 0.255 e. The molecule has 6 nitrogen and oxygen atoms in total. The zero-order valence-electron chi connectivity index (χ0n) is 11.1. The van der Waals surface area contributed by atoms with Crippen molar-refractivity contribution >= 4 is 5.91 Å². The summed E-state index contributed by atoms with van der Waals surface area (Å²) in [4.78, 5) is 12.2. The van der Waals surface area contributed by atoms with Gasteiger partial charge in [-0.15, -0.1) is 0 Å². The topological polar surface area (TPSA) is 77.0 Å². The normalized spacial score (nSPS) is 24.4. The Morgan fingerprint density at radius 3 is 2.95 bits per heavy atom. The van der Waals surface area contributed by atoms with Crippen molar-refractivity contribution in [3.8, 4) is 11.5 Å². The van der Waals surface area contributed by atoms with Gasteiger partial charge >= 0.3 is 0 Å². The number of rotatable bonds is 3. The van der Waals surface area contributed by atoms with E-state index in [-0.39, 0.29) is 19.1 Å². The summed E-state index contributed by atoms with van der Waals surface area (Å²) in [5.74, 6) is 0.755. The molecule has 0 radical (unpaired) electrons. The van der Waals surface area contributed by atoms with Gasteiger partial charge in [-0.05, 0) is 12.1 Å². The number of aliphatic hydroxyl groups is 1. The third kappa shape index (κ3) is 2.57. The van der Waals surface area contributed by atoms with Crippen LogP contribution in [0.1, 0.15) is 16.8 Å². The minimum Gasteiger partial charge on any atom is -0.486 e. The highest BCUT2D eigenvalue weighted by atomic mass is 16.6. The number of carbonyl (C=O) groups excluding carboxylic acids is 1. The number of carbonyl (C=O) groups is 1. The second kappa shape index (κ2) is 5.30. The standard InChI is InChI=1S/C14H17NO5/c16-13(15-8-14(17)4-5-18-9-14)10-2-1-3-11-12(10)20-7-6-19-11/h1-3,17H,4-9H2,(H,15,16). The van der Waals surface area contributed by atoms with E-state index in [1.807, 2.05) is 0 Å². The molecule has 20 heavy (non-hydrogen) atoms. The van der Waals surface area contributed by atoms with Gasteiger partial charge in [0.15, 0.2) is 11.5 Å². The van der Waals surface area contributed by atoms with Gasteiger partial charge in [-0.25, -0.2) is 0 Å². The van der Waals surface area contributed by atoms with Crippen molar-refractivity contribution < 1.29 is 24.1 Å². The predicted molar refractivity (Wildman–Crippen MR) is 70.2 cm³/mol. The number of para-hydroxylation sites is 1. The highest BCUT2D eigenvalue weighted by Crippen LogP contribution is 2.33. The van der Waals surface area contributed by atoms with Gasteiger partial charge in [0, 0.05) is 19.6 Å². The van der Waals surface area contributed by atoms with E-state index in [1.54, 1.807) is 18.2 Å². The fourth-order valence-corrected chi connectivity index (χ4v) is 2.33. The van der Waals surface area contributed by atoms with Gasteiger partial charge in [0.25, 0.3) is 5.91 Å². The molecule has 0 aromatic heterocycles. The number of benzene rings is 1. The van der Waals surface area contributed by atoms with Crippen molar-refractivity contribution in [2.75, 3.05) is 33.0 Å². The summed E-state index contributed by atoms with van der Waals surface area (Å²) in [6.07, 6.45) is 0.528. The van der Waals surface area contributed by atoms with Gasteiger partial charge in [0.1, 0.15) is 18.8 Å². The SMILES string of the molecule is O=C(NCC1(O)CCOC1)c1cccc2c1OCCO2. The Balaban J connectivity index is 1.71. The van der Waals surface area contributed by atoms with Crippen LogP contribution in [-0.4, -0.2) is 49.6 Å². The summed E-state index contributed by atoms with van der Waals surface area (Å²) >= 11 is 0. The van der Waals surface area contributed by atoms with Crippen LogP contribution in [0.5, 0.6) is 11.5 Å². The van der Waals surface area contributed by atoms with Gasteiger partial charge in [-0.2, -0.15) is 0 Å². The van der Waals surface area contributed by atoms with E-state index in [0.29, 0.717) is 43.3 Å². The number of hydrogen-bond donors (Lipinski definition) is 2. The van der Waals surface area contributed by atoms with Crippen molar-refractivity contribution in [3.63, 3.8) is 0 Å². The van der Waals surface area contributed by atoms with Crippen molar-refractivity contribution in [3.05, 3.63) is 23.8 Å². The van der Waals surface area contributed by atoms with Crippen LogP contribution in [0, 0.1) is 0 Å². The Labute approximate surface area is 116 Å². The summed E-state index contributed by atoms with van der Waals surface area (Å²) in [5.41, 5.74) is -0.549. The summed E-state index contributed by atoms with van der Waals surface area (Å²) in [5, 5.41) is 12.9. The first-order valence-corrected chi connectivity index (χ1v) is 6.65. The van der Waals surface area contributed by atoms with Crippen molar-refractivity contribution in [2.45, 2.75) is 12.0 Å². The third-order valence-corrected chi connectivity index (χ3v) is 3.47. The Morgan fingerprint density at radius 2 is 2.15 bits per heavy atom. The molecule has 1 aromatic carbocycles. The maximum atomic E-state index is 12.2. The fraction of sp³-hybridized carbons (Fsp3) is 0.500. The van der Waals surface area contributed by atoms with Crippen LogP contribution in [0.15, 0.2) is 18.2 Å². The molecule has 1 aromatic rings. The fourth-order valence-electron chi connectivity index (χ4n) is 2.33. The van der Waals surface area contributed by atoms with Gasteiger partial charge in [0.2, 0.25) is 0 Å². The maximum Gasteiger partial charge on any atom is 0.255 e. The molecule has 1 atom stereocenters. The Hall–Kier alpha value is -1.79. The van der Waals surface area contributed by atoms with E-state index in [9.17, 15) is 9.90 Å². The van der Waals surface area contributed by atoms with E-state index in [0.717, 1.165) is 0 Å². The highest BCUT2D eigenvalue weighted by Gasteiger charge is 2.33. The molecule has 6 heteroatoms. The van der Waals surface area contributed by atoms with Crippen molar-refractivity contribution in [1.29, 1.82) is 0 Å². The lowest BCUT2D eigenvalue weighted by atomic mass is 10.0. The largest absolute Gasteiger partial charge is 0.486 e. The maximum absolute atomic E-state index is 12.2. The predicted octanol–water partition coefficient (Wildman–Crippen LogP) is 0.339. The second-order valence-electron chi connectivity index (χ2n) is 5.04. The molecule has 0 bridgehead atoms. The lowest BCUT2D eigenvalue weighted by Gasteiger charge is -2.23. The van der Waals surface area contributed by atoms with Crippen molar-refractivity contribution in [1.82, 2.24) is 5.32 Å². The Morgan fingerprint density at radius 1 is 1.30 bits per heavy atom. The summed E-state index contributed by atoms with van der Waals surface area (Å²) in [6, 6.07) is 5.19. The molecule has 3 rings (SSSR count). The average Bonchev–Trinajstić information content (AvgIpc) is 2.91. The van der Waals surface area contributed by atoms with Crippen LogP contribution >= 0.6 is 0 Å². The van der Waals surface area contributed by atoms with E-state index in [4.69, 9.17) is 14.2 Å². The number of amides is 1. The highest BCUT2D eigenvalue weighted by molar-refractivity contribution is 5.97. The number of ether oxygens (including phenoxy) is 3. The van der Waals surface area contributed by atoms with Gasteiger partial charge in [-0.1, -0.05) is 6.07 Å². The number of fused-ring (bicyclic) bond motifs is 1. The quantitative estimate of drug-likeness (QED) is 0.834. The Bertz CT molecular complexity index is 510. The lowest BCUT2D eigenvalue weighted by Crippen LogP contribution is -2.43. The van der Waals surface area contributed by atoms with Gasteiger partial charge in [-0.3, -0.25) is 4.79 Å². The summed E-state index contributed by atoms with van der Waals surface area (Å²) in [7, 11) is 0. The molecular formula is C14H17NO5. The molecule has 0 aliphatic carbocycles. The van der Waals surface area contributed by atoms with E-state index in [1.165, 1.54) is 0 Å². The molecule has 1 amide bonds. The molecule has 1 fully saturated rings. The van der Waals surface area contributed by atoms with Crippen LogP contribution < -0.4 is 14.8 Å². The number of hydrogen-bond acceptors (Lipinski definition) is 5. The van der Waals surface area contributed by atoms with Crippen LogP contribution in [0.2, 0.25) is 0 Å². The second-order valence-corrected chi connectivity index (χ2v) is 5.04. The number of nitrogens with one attached hydrogen (secondary N) is 1. The van der Waals surface area contributed by atoms with Crippen molar-refractivity contribution in [2.24, 2.45) is 0 Å². The molecule has 0 saturated carbocycles. The van der Waals surface area contributed by atoms with Gasteiger partial charge < -0.3 is 24.6 Å².